The molecule has 0 atom stereocenters. The van der Waals surface area contributed by atoms with Gasteiger partial charge in [-0.1, -0.05) is 18.2 Å². The number of halogens is 4. The summed E-state index contributed by atoms with van der Waals surface area (Å²) in [6.45, 7) is 0. The van der Waals surface area contributed by atoms with Gasteiger partial charge in [0.05, 0.1) is 15.7 Å². The number of amides is 1. The van der Waals surface area contributed by atoms with Crippen LogP contribution in [0.1, 0.15) is 20.7 Å². The van der Waals surface area contributed by atoms with Crippen molar-refractivity contribution in [3.05, 3.63) is 59.3 Å². The summed E-state index contributed by atoms with van der Waals surface area (Å²) in [5.74, 6) is -1.56. The number of rotatable bonds is 3. The summed E-state index contributed by atoms with van der Waals surface area (Å²) >= 11 is 13.2. The Morgan fingerprint density at radius 1 is 0.864 bits per heavy atom. The van der Waals surface area contributed by atoms with E-state index in [4.69, 9.17) is 0 Å². The molecule has 0 fully saturated rings. The van der Waals surface area contributed by atoms with Crippen LogP contribution >= 0.6 is 63.7 Å². The molecule has 0 aliphatic carbocycles. The molecule has 0 unspecified atom stereocenters. The minimum Gasteiger partial charge on any atom is -0.478 e. The fourth-order valence-corrected chi connectivity index (χ4v) is 4.11. The van der Waals surface area contributed by atoms with E-state index in [-0.39, 0.29) is 11.3 Å². The zero-order valence-corrected chi connectivity index (χ0v) is 17.0. The summed E-state index contributed by atoms with van der Waals surface area (Å²) < 4.78 is 1.89. The molecule has 0 radical (unpaired) electrons. The lowest BCUT2D eigenvalue weighted by Gasteiger charge is -2.15. The Bertz CT molecular complexity index is 763. The van der Waals surface area contributed by atoms with Gasteiger partial charge in [-0.05, 0) is 75.9 Å². The molecule has 4 nitrogen and oxygen atoms in total. The van der Waals surface area contributed by atoms with E-state index in [1.807, 2.05) is 0 Å². The highest BCUT2D eigenvalue weighted by Crippen LogP contribution is 2.45. The van der Waals surface area contributed by atoms with Crippen LogP contribution in [0.25, 0.3) is 0 Å². The molecule has 114 valence electrons. The maximum Gasteiger partial charge on any atom is 0.339 e. The SMILES string of the molecule is O=C(Nc1c(Br)c(Br)c(Br)c(Br)c1C(=O)O)c1ccccc1. The predicted molar refractivity (Wildman–Crippen MR) is 98.6 cm³/mol. The molecule has 0 heterocycles. The first kappa shape index (κ1) is 17.7. The monoisotopic (exact) mass is 553 g/mol. The molecule has 2 aromatic carbocycles. The van der Waals surface area contributed by atoms with Crippen molar-refractivity contribution in [1.82, 2.24) is 0 Å². The van der Waals surface area contributed by atoms with Crippen molar-refractivity contribution in [2.75, 3.05) is 5.32 Å². The summed E-state index contributed by atoms with van der Waals surface area (Å²) in [7, 11) is 0. The van der Waals surface area contributed by atoms with Crippen LogP contribution < -0.4 is 5.32 Å². The molecule has 0 spiro atoms. The summed E-state index contributed by atoms with van der Waals surface area (Å²) in [5.41, 5.74) is 0.551. The van der Waals surface area contributed by atoms with Crippen molar-refractivity contribution in [3.8, 4) is 0 Å². The number of anilines is 1. The second-order valence-corrected chi connectivity index (χ2v) is 7.30. The normalized spacial score (nSPS) is 10.4. The summed E-state index contributed by atoms with van der Waals surface area (Å²) in [5, 5.41) is 12.1. The molecule has 0 bridgehead atoms. The third-order valence-corrected chi connectivity index (χ3v) is 7.52. The Morgan fingerprint density at radius 3 is 1.95 bits per heavy atom. The van der Waals surface area contributed by atoms with E-state index in [0.717, 1.165) is 0 Å². The number of hydrogen-bond acceptors (Lipinski definition) is 2. The molecule has 0 aliphatic rings. The highest BCUT2D eigenvalue weighted by Gasteiger charge is 2.25. The lowest BCUT2D eigenvalue weighted by atomic mass is 10.1. The lowest BCUT2D eigenvalue weighted by molar-refractivity contribution is 0.0697. The van der Waals surface area contributed by atoms with Crippen LogP contribution in [0.15, 0.2) is 48.2 Å². The second kappa shape index (κ2) is 7.25. The molecule has 22 heavy (non-hydrogen) atoms. The summed E-state index contributed by atoms with van der Waals surface area (Å²) in [4.78, 5) is 23.8. The van der Waals surface area contributed by atoms with Crippen molar-refractivity contribution in [2.24, 2.45) is 0 Å². The number of hydrogen-bond donors (Lipinski definition) is 2. The van der Waals surface area contributed by atoms with E-state index in [1.165, 1.54) is 0 Å². The van der Waals surface area contributed by atoms with Gasteiger partial charge in [-0.15, -0.1) is 0 Å². The zero-order valence-electron chi connectivity index (χ0n) is 10.7. The number of carbonyl (C=O) groups excluding carboxylic acids is 1. The number of carbonyl (C=O) groups is 2. The molecule has 0 saturated carbocycles. The average molecular weight is 557 g/mol. The maximum atomic E-state index is 12.3. The van der Waals surface area contributed by atoms with Gasteiger partial charge in [0.25, 0.3) is 5.91 Å². The average Bonchev–Trinajstić information content (AvgIpc) is 2.51. The minimum atomic E-state index is -1.16. The molecule has 0 saturated heterocycles. The van der Waals surface area contributed by atoms with Crippen LogP contribution in [-0.4, -0.2) is 17.0 Å². The van der Waals surface area contributed by atoms with Crippen molar-refractivity contribution < 1.29 is 14.7 Å². The van der Waals surface area contributed by atoms with Crippen LogP contribution in [0.3, 0.4) is 0 Å². The number of benzene rings is 2. The summed E-state index contributed by atoms with van der Waals surface area (Å²) in [6.07, 6.45) is 0. The Hall–Kier alpha value is -0.700. The number of aromatic carboxylic acids is 1. The van der Waals surface area contributed by atoms with Gasteiger partial charge in [-0.2, -0.15) is 0 Å². The van der Waals surface area contributed by atoms with Gasteiger partial charge in [-0.25, -0.2) is 4.79 Å². The first-order valence-electron chi connectivity index (χ1n) is 5.80. The zero-order chi connectivity index (χ0) is 16.4. The van der Waals surface area contributed by atoms with Gasteiger partial charge < -0.3 is 10.4 Å². The number of nitrogens with one attached hydrogen (secondary N) is 1. The molecule has 1 amide bonds. The number of carboxylic acids is 1. The van der Waals surface area contributed by atoms with Gasteiger partial charge in [0.1, 0.15) is 0 Å². The molecular weight excluding hydrogens is 550 g/mol. The lowest BCUT2D eigenvalue weighted by Crippen LogP contribution is -2.16. The van der Waals surface area contributed by atoms with E-state index in [2.05, 4.69) is 69.0 Å². The highest BCUT2D eigenvalue weighted by atomic mass is 79.9. The standard InChI is InChI=1S/C14H7Br4NO3/c15-8-7(14(21)22)12(11(18)10(17)9(8)16)19-13(20)6-4-2-1-3-5-6/h1-5H,(H,19,20)(H,21,22). The summed E-state index contributed by atoms with van der Waals surface area (Å²) in [6, 6.07) is 8.55. The van der Waals surface area contributed by atoms with Crippen LogP contribution in [0, 0.1) is 0 Å². The molecule has 2 rings (SSSR count). The third-order valence-electron chi connectivity index (χ3n) is 2.76. The first-order chi connectivity index (χ1) is 10.3. The van der Waals surface area contributed by atoms with E-state index in [1.54, 1.807) is 30.3 Å². The van der Waals surface area contributed by atoms with Crippen LogP contribution in [-0.2, 0) is 0 Å². The van der Waals surface area contributed by atoms with E-state index in [9.17, 15) is 14.7 Å². The van der Waals surface area contributed by atoms with Crippen LogP contribution in [0.4, 0.5) is 5.69 Å². The van der Waals surface area contributed by atoms with E-state index < -0.39 is 11.9 Å². The predicted octanol–water partition coefficient (Wildman–Crippen LogP) is 5.69. The number of carboxylic acid groups (broad SMARTS) is 1. The van der Waals surface area contributed by atoms with E-state index >= 15 is 0 Å². The Balaban J connectivity index is 2.55. The molecule has 0 aromatic heterocycles. The Morgan fingerprint density at radius 2 is 1.41 bits per heavy atom. The molecular formula is C14H7Br4NO3. The smallest absolute Gasteiger partial charge is 0.339 e. The van der Waals surface area contributed by atoms with Gasteiger partial charge in [0.15, 0.2) is 0 Å². The highest BCUT2D eigenvalue weighted by molar-refractivity contribution is 9.15. The topological polar surface area (TPSA) is 66.4 Å². The fraction of sp³-hybridized carbons (Fsp3) is 0. The molecule has 0 aliphatic heterocycles. The maximum absolute atomic E-state index is 12.3. The first-order valence-corrected chi connectivity index (χ1v) is 8.97. The molecule has 2 N–H and O–H groups in total. The van der Waals surface area contributed by atoms with Gasteiger partial charge >= 0.3 is 5.97 Å². The van der Waals surface area contributed by atoms with Crippen molar-refractivity contribution in [3.63, 3.8) is 0 Å². The van der Waals surface area contributed by atoms with Crippen molar-refractivity contribution in [2.45, 2.75) is 0 Å². The van der Waals surface area contributed by atoms with Crippen molar-refractivity contribution >= 4 is 81.3 Å². The van der Waals surface area contributed by atoms with Crippen LogP contribution in [0.2, 0.25) is 0 Å². The van der Waals surface area contributed by atoms with Gasteiger partial charge in [0.2, 0.25) is 0 Å². The van der Waals surface area contributed by atoms with Gasteiger partial charge in [-0.3, -0.25) is 4.79 Å². The van der Waals surface area contributed by atoms with E-state index in [0.29, 0.717) is 23.5 Å². The Kier molecular flexibility index (Phi) is 5.81. The molecule has 2 aromatic rings. The fourth-order valence-electron chi connectivity index (χ4n) is 1.73. The Labute approximate surface area is 159 Å². The molecule has 8 heteroatoms. The van der Waals surface area contributed by atoms with Gasteiger partial charge in [0, 0.05) is 19.0 Å². The van der Waals surface area contributed by atoms with Crippen LogP contribution in [0.5, 0.6) is 0 Å². The minimum absolute atomic E-state index is 0.0498. The van der Waals surface area contributed by atoms with Crippen molar-refractivity contribution in [1.29, 1.82) is 0 Å². The quantitative estimate of drug-likeness (QED) is 0.377. The second-order valence-electron chi connectivity index (χ2n) is 4.13. The third kappa shape index (κ3) is 3.45. The largest absolute Gasteiger partial charge is 0.478 e.